The van der Waals surface area contributed by atoms with Crippen LogP contribution in [-0.4, -0.2) is 35.4 Å². The summed E-state index contributed by atoms with van der Waals surface area (Å²) in [6, 6.07) is 7.45. The first-order valence-corrected chi connectivity index (χ1v) is 7.25. The van der Waals surface area contributed by atoms with Crippen molar-refractivity contribution in [3.63, 3.8) is 0 Å². The van der Waals surface area contributed by atoms with Gasteiger partial charge in [0.2, 0.25) is 11.1 Å². The Morgan fingerprint density at radius 2 is 2.04 bits per heavy atom. The van der Waals surface area contributed by atoms with E-state index in [1.807, 2.05) is 31.2 Å². The molecule has 3 aromatic rings. The number of carbonyl (C=O) groups is 1. The summed E-state index contributed by atoms with van der Waals surface area (Å²) in [7, 11) is 1.62. The van der Waals surface area contributed by atoms with E-state index in [0.717, 1.165) is 11.3 Å². The van der Waals surface area contributed by atoms with Gasteiger partial charge >= 0.3 is 0 Å². The lowest BCUT2D eigenvalue weighted by Crippen LogP contribution is -2.27. The molecule has 0 bridgehead atoms. The number of nitrogens with one attached hydrogen (secondary N) is 1. The second kappa shape index (κ2) is 6.17. The summed E-state index contributed by atoms with van der Waals surface area (Å²) in [5.74, 6) is -0.330. The van der Waals surface area contributed by atoms with Crippen molar-refractivity contribution in [3.05, 3.63) is 53.6 Å². The highest BCUT2D eigenvalue weighted by atomic mass is 35.5. The maximum atomic E-state index is 12.1. The molecule has 9 heteroatoms. The number of aryl methyl sites for hydroxylation is 1. The number of halogens is 1. The number of carbonyl (C=O) groups excluding carboxylic acids is 1. The van der Waals surface area contributed by atoms with Crippen molar-refractivity contribution in [2.45, 2.75) is 13.0 Å². The highest BCUT2D eigenvalue weighted by molar-refractivity contribution is 6.28. The van der Waals surface area contributed by atoms with E-state index in [1.54, 1.807) is 18.1 Å². The minimum absolute atomic E-state index is 0.0450. The average molecular weight is 332 g/mol. The minimum atomic E-state index is -0.375. The molecule has 0 aliphatic heterocycles. The van der Waals surface area contributed by atoms with E-state index in [0.29, 0.717) is 0 Å². The molecule has 1 N–H and O–H groups in total. The van der Waals surface area contributed by atoms with Crippen molar-refractivity contribution in [2.24, 2.45) is 7.05 Å². The topological polar surface area (TPSA) is 90.5 Å². The molecular weight excluding hydrogens is 318 g/mol. The van der Waals surface area contributed by atoms with Crippen LogP contribution in [0.4, 0.5) is 0 Å². The van der Waals surface area contributed by atoms with Gasteiger partial charge in [-0.05, 0) is 36.2 Å². The van der Waals surface area contributed by atoms with Gasteiger partial charge in [0.15, 0.2) is 0 Å². The van der Waals surface area contributed by atoms with Crippen molar-refractivity contribution in [2.75, 3.05) is 0 Å². The third-order valence-electron chi connectivity index (χ3n) is 3.34. The van der Waals surface area contributed by atoms with Crippen molar-refractivity contribution >= 4 is 17.5 Å². The Kier molecular flexibility index (Phi) is 4.07. The zero-order valence-electron chi connectivity index (χ0n) is 12.5. The molecule has 0 fully saturated rings. The van der Waals surface area contributed by atoms with E-state index in [9.17, 15) is 4.79 Å². The summed E-state index contributed by atoms with van der Waals surface area (Å²) in [4.78, 5) is 19.9. The predicted molar refractivity (Wildman–Crippen MR) is 83.3 cm³/mol. The average Bonchev–Trinajstić information content (AvgIpc) is 3.18. The molecule has 0 spiro atoms. The van der Waals surface area contributed by atoms with E-state index in [-0.39, 0.29) is 23.1 Å². The Bertz CT molecular complexity index is 791. The fourth-order valence-corrected chi connectivity index (χ4v) is 2.18. The van der Waals surface area contributed by atoms with Crippen LogP contribution in [0.25, 0.3) is 5.69 Å². The van der Waals surface area contributed by atoms with Gasteiger partial charge in [-0.3, -0.25) is 4.79 Å². The zero-order chi connectivity index (χ0) is 16.4. The standard InChI is InChI=1S/C14H14ClN7O/c1-9(18-13(23)12-19-14(15)21(2)20-12)10-3-5-11(6-4-10)22-8-16-7-17-22/h3-9H,1-2H3,(H,18,23). The van der Waals surface area contributed by atoms with Crippen LogP contribution in [0.1, 0.15) is 29.1 Å². The first-order chi connectivity index (χ1) is 11.0. The number of rotatable bonds is 4. The molecule has 0 aliphatic carbocycles. The number of nitrogens with zero attached hydrogens (tertiary/aromatic N) is 6. The van der Waals surface area contributed by atoms with Crippen LogP contribution >= 0.6 is 11.6 Å². The Hall–Kier alpha value is -2.74. The minimum Gasteiger partial charge on any atom is -0.343 e. The lowest BCUT2D eigenvalue weighted by Gasteiger charge is -2.13. The molecule has 1 unspecified atom stereocenters. The smallest absolute Gasteiger partial charge is 0.291 e. The van der Waals surface area contributed by atoms with E-state index < -0.39 is 0 Å². The van der Waals surface area contributed by atoms with Crippen molar-refractivity contribution < 1.29 is 4.79 Å². The number of benzene rings is 1. The molecule has 2 heterocycles. The molecule has 1 atom stereocenters. The van der Waals surface area contributed by atoms with Crippen LogP contribution in [0.2, 0.25) is 5.28 Å². The van der Waals surface area contributed by atoms with Crippen LogP contribution in [0.3, 0.4) is 0 Å². The van der Waals surface area contributed by atoms with Crippen molar-refractivity contribution in [1.29, 1.82) is 0 Å². The number of hydrogen-bond donors (Lipinski definition) is 1. The molecule has 118 valence electrons. The fraction of sp³-hybridized carbons (Fsp3) is 0.214. The molecule has 3 rings (SSSR count). The fourth-order valence-electron chi connectivity index (χ4n) is 2.06. The Morgan fingerprint density at radius 1 is 1.30 bits per heavy atom. The van der Waals surface area contributed by atoms with E-state index >= 15 is 0 Å². The van der Waals surface area contributed by atoms with Crippen LogP contribution in [-0.2, 0) is 7.05 Å². The quantitative estimate of drug-likeness (QED) is 0.783. The van der Waals surface area contributed by atoms with Crippen LogP contribution < -0.4 is 5.32 Å². The Labute approximate surface area is 137 Å². The van der Waals surface area contributed by atoms with Crippen molar-refractivity contribution in [1.82, 2.24) is 34.8 Å². The Morgan fingerprint density at radius 3 is 2.61 bits per heavy atom. The summed E-state index contributed by atoms with van der Waals surface area (Å²) < 4.78 is 3.00. The van der Waals surface area contributed by atoms with Gasteiger partial charge in [0.25, 0.3) is 5.91 Å². The maximum Gasteiger partial charge on any atom is 0.291 e. The van der Waals surface area contributed by atoms with E-state index in [1.165, 1.54) is 11.0 Å². The lowest BCUT2D eigenvalue weighted by atomic mass is 10.1. The van der Waals surface area contributed by atoms with Crippen LogP contribution in [0.15, 0.2) is 36.9 Å². The second-order valence-electron chi connectivity index (χ2n) is 4.95. The predicted octanol–water partition coefficient (Wildman–Crippen LogP) is 1.54. The van der Waals surface area contributed by atoms with Gasteiger partial charge < -0.3 is 5.32 Å². The van der Waals surface area contributed by atoms with E-state index in [4.69, 9.17) is 11.6 Å². The summed E-state index contributed by atoms with van der Waals surface area (Å²) in [5, 5.41) is 11.0. The van der Waals surface area contributed by atoms with Crippen molar-refractivity contribution in [3.8, 4) is 5.69 Å². The summed E-state index contributed by atoms with van der Waals surface area (Å²) in [6.07, 6.45) is 3.10. The summed E-state index contributed by atoms with van der Waals surface area (Å²) >= 11 is 5.79. The van der Waals surface area contributed by atoms with E-state index in [2.05, 4.69) is 25.5 Å². The molecule has 8 nitrogen and oxygen atoms in total. The van der Waals surface area contributed by atoms with Gasteiger partial charge in [-0.2, -0.15) is 10.1 Å². The van der Waals surface area contributed by atoms with Gasteiger partial charge in [-0.1, -0.05) is 12.1 Å². The van der Waals surface area contributed by atoms with Gasteiger partial charge in [0, 0.05) is 7.05 Å². The molecule has 1 aromatic carbocycles. The normalized spacial score (nSPS) is 12.1. The zero-order valence-corrected chi connectivity index (χ0v) is 13.3. The monoisotopic (exact) mass is 331 g/mol. The molecule has 1 amide bonds. The SMILES string of the molecule is CC(NC(=O)c1nc(Cl)n(C)n1)c1ccc(-n2cncn2)cc1. The van der Waals surface area contributed by atoms with Gasteiger partial charge in [0.1, 0.15) is 12.7 Å². The van der Waals surface area contributed by atoms with Crippen LogP contribution in [0, 0.1) is 0 Å². The largest absolute Gasteiger partial charge is 0.343 e. The third kappa shape index (κ3) is 3.21. The first-order valence-electron chi connectivity index (χ1n) is 6.87. The third-order valence-corrected chi connectivity index (χ3v) is 3.67. The number of amides is 1. The molecule has 0 saturated heterocycles. The van der Waals surface area contributed by atoms with Gasteiger partial charge in [-0.15, -0.1) is 5.10 Å². The Balaban J connectivity index is 1.70. The maximum absolute atomic E-state index is 12.1. The first kappa shape index (κ1) is 15.2. The molecule has 0 radical (unpaired) electrons. The highest BCUT2D eigenvalue weighted by Crippen LogP contribution is 2.15. The summed E-state index contributed by atoms with van der Waals surface area (Å²) in [6.45, 7) is 1.88. The molecule has 0 saturated carbocycles. The summed E-state index contributed by atoms with van der Waals surface area (Å²) in [5.41, 5.74) is 1.84. The van der Waals surface area contributed by atoms with Crippen LogP contribution in [0.5, 0.6) is 0 Å². The number of aromatic nitrogens is 6. The second-order valence-corrected chi connectivity index (χ2v) is 5.29. The highest BCUT2D eigenvalue weighted by Gasteiger charge is 2.17. The molecule has 0 aliphatic rings. The molecule has 2 aromatic heterocycles. The molecular formula is C14H14ClN7O. The van der Waals surface area contributed by atoms with Gasteiger partial charge in [0.05, 0.1) is 11.7 Å². The van der Waals surface area contributed by atoms with Gasteiger partial charge in [-0.25, -0.2) is 14.3 Å². The lowest BCUT2D eigenvalue weighted by molar-refractivity contribution is 0.0929. The molecule has 23 heavy (non-hydrogen) atoms. The number of hydrogen-bond acceptors (Lipinski definition) is 5.